The molecule has 0 spiro atoms. The number of urea groups is 1. The molecule has 1 saturated carbocycles. The van der Waals surface area contributed by atoms with Gasteiger partial charge in [-0.2, -0.15) is 9.48 Å². The first-order chi connectivity index (χ1) is 12.4. The third-order valence-corrected chi connectivity index (χ3v) is 6.08. The molecule has 0 aromatic heterocycles. The lowest BCUT2D eigenvalue weighted by Gasteiger charge is -2.28. The molecular weight excluding hydrogens is 354 g/mol. The average Bonchev–Trinajstić information content (AvgIpc) is 2.68. The van der Waals surface area contributed by atoms with Gasteiger partial charge in [0.05, 0.1) is 19.8 Å². The van der Waals surface area contributed by atoms with Crippen LogP contribution in [-0.4, -0.2) is 70.9 Å². The van der Waals surface area contributed by atoms with Crippen LogP contribution in [0, 0.1) is 11.8 Å². The van der Waals surface area contributed by atoms with E-state index in [0.717, 1.165) is 30.6 Å². The van der Waals surface area contributed by atoms with Crippen molar-refractivity contribution >= 4 is 46.3 Å². The third-order valence-electron chi connectivity index (χ3n) is 5.05. The number of hydrogen-bond donors (Lipinski definition) is 1. The molecule has 0 bridgehead atoms. The SMILES string of the molecule is CNC(=O)CSC1=NC(C2CCCCC2)=NC2=[N+](C)C(=O)N(C)C(=O)C12. The lowest BCUT2D eigenvalue weighted by molar-refractivity contribution is -0.407. The first kappa shape index (κ1) is 18.8. The van der Waals surface area contributed by atoms with Crippen LogP contribution < -0.4 is 5.32 Å². The molecule has 4 amide bonds. The minimum absolute atomic E-state index is 0.137. The Hall–Kier alpha value is -2.03. The molecule has 0 aromatic carbocycles. The third kappa shape index (κ3) is 3.44. The Morgan fingerprint density at radius 2 is 1.96 bits per heavy atom. The molecule has 0 radical (unpaired) electrons. The van der Waals surface area contributed by atoms with Gasteiger partial charge in [-0.25, -0.2) is 9.79 Å². The molecule has 9 heteroatoms. The standard InChI is InChI=1S/C17H23N5O3S/c1-18-11(23)9-26-15-12-14(21(2)17(25)22(3)16(12)24)19-13(20-15)10-7-5-4-6-8-10/h10,12H,4-9H2,1-3H3/p+1. The normalized spacial score (nSPS) is 24.3. The van der Waals surface area contributed by atoms with Crippen molar-refractivity contribution in [3.63, 3.8) is 0 Å². The van der Waals surface area contributed by atoms with Crippen molar-refractivity contribution in [2.24, 2.45) is 21.8 Å². The molecule has 1 atom stereocenters. The van der Waals surface area contributed by atoms with E-state index in [1.165, 1.54) is 29.8 Å². The van der Waals surface area contributed by atoms with Crippen LogP contribution in [0.5, 0.6) is 0 Å². The summed E-state index contributed by atoms with van der Waals surface area (Å²) < 4.78 is 1.42. The second-order valence-corrected chi connectivity index (χ2v) is 7.74. The summed E-state index contributed by atoms with van der Waals surface area (Å²) in [6, 6.07) is -0.398. The highest BCUT2D eigenvalue weighted by Gasteiger charge is 2.49. The summed E-state index contributed by atoms with van der Waals surface area (Å²) in [5, 5.41) is 3.13. The number of fused-ring (bicyclic) bond motifs is 1. The number of nitrogens with zero attached hydrogens (tertiary/aromatic N) is 4. The zero-order valence-electron chi connectivity index (χ0n) is 15.3. The lowest BCUT2D eigenvalue weighted by Crippen LogP contribution is -2.55. The predicted octanol–water partition coefficient (Wildman–Crippen LogP) is 1.11. The highest BCUT2D eigenvalue weighted by molar-refractivity contribution is 8.14. The number of hydrogen-bond acceptors (Lipinski definition) is 6. The number of amidine groups is 2. The number of amides is 4. The maximum absolute atomic E-state index is 12.7. The molecule has 1 N–H and O–H groups in total. The maximum Gasteiger partial charge on any atom is 0.445 e. The number of carbonyl (C=O) groups is 3. The monoisotopic (exact) mass is 378 g/mol. The molecule has 2 heterocycles. The molecule has 1 fully saturated rings. The largest absolute Gasteiger partial charge is 0.445 e. The van der Waals surface area contributed by atoms with Gasteiger partial charge in [0.25, 0.3) is 5.84 Å². The van der Waals surface area contributed by atoms with Crippen molar-refractivity contribution in [1.29, 1.82) is 0 Å². The van der Waals surface area contributed by atoms with Gasteiger partial charge >= 0.3 is 11.9 Å². The van der Waals surface area contributed by atoms with E-state index >= 15 is 0 Å². The van der Waals surface area contributed by atoms with E-state index in [1.807, 2.05) is 0 Å². The Morgan fingerprint density at radius 1 is 1.27 bits per heavy atom. The molecule has 140 valence electrons. The van der Waals surface area contributed by atoms with Crippen molar-refractivity contribution < 1.29 is 19.0 Å². The minimum Gasteiger partial charge on any atom is -0.358 e. The van der Waals surface area contributed by atoms with Gasteiger partial charge in [-0.1, -0.05) is 36.0 Å². The van der Waals surface area contributed by atoms with Gasteiger partial charge in [-0.3, -0.25) is 9.59 Å². The van der Waals surface area contributed by atoms with E-state index in [1.54, 1.807) is 14.1 Å². The Kier molecular flexibility index (Phi) is 5.55. The van der Waals surface area contributed by atoms with Crippen LogP contribution in [0.3, 0.4) is 0 Å². The van der Waals surface area contributed by atoms with E-state index in [9.17, 15) is 14.4 Å². The Labute approximate surface area is 156 Å². The van der Waals surface area contributed by atoms with Crippen LogP contribution >= 0.6 is 11.8 Å². The Balaban J connectivity index is 2.00. The molecule has 1 aliphatic carbocycles. The number of carbonyl (C=O) groups excluding carboxylic acids is 3. The quantitative estimate of drug-likeness (QED) is 0.744. The van der Waals surface area contributed by atoms with E-state index in [-0.39, 0.29) is 23.5 Å². The molecule has 1 unspecified atom stereocenters. The minimum atomic E-state index is -0.718. The summed E-state index contributed by atoms with van der Waals surface area (Å²) in [4.78, 5) is 47.1. The van der Waals surface area contributed by atoms with E-state index < -0.39 is 11.9 Å². The van der Waals surface area contributed by atoms with Crippen molar-refractivity contribution in [3.05, 3.63) is 0 Å². The van der Waals surface area contributed by atoms with Crippen LogP contribution in [0.15, 0.2) is 9.98 Å². The lowest BCUT2D eigenvalue weighted by atomic mass is 9.88. The highest BCUT2D eigenvalue weighted by atomic mass is 32.2. The van der Waals surface area contributed by atoms with Crippen molar-refractivity contribution in [2.75, 3.05) is 26.9 Å². The van der Waals surface area contributed by atoms with Gasteiger partial charge in [0.2, 0.25) is 11.7 Å². The molecule has 3 rings (SSSR count). The smallest absolute Gasteiger partial charge is 0.358 e. The van der Waals surface area contributed by atoms with Crippen LogP contribution in [0.1, 0.15) is 32.1 Å². The van der Waals surface area contributed by atoms with Crippen LogP contribution in [0.4, 0.5) is 4.79 Å². The molecule has 3 aliphatic rings. The van der Waals surface area contributed by atoms with Gasteiger partial charge in [0.1, 0.15) is 5.04 Å². The van der Waals surface area contributed by atoms with Crippen LogP contribution in [0.25, 0.3) is 0 Å². The number of nitrogens with one attached hydrogen (secondary N) is 1. The maximum atomic E-state index is 12.7. The van der Waals surface area contributed by atoms with Crippen molar-refractivity contribution in [3.8, 4) is 0 Å². The van der Waals surface area contributed by atoms with Crippen LogP contribution in [-0.2, 0) is 9.59 Å². The first-order valence-electron chi connectivity index (χ1n) is 8.86. The zero-order chi connectivity index (χ0) is 18.8. The molecule has 0 aromatic rings. The number of rotatable bonds is 3. The van der Waals surface area contributed by atoms with Gasteiger partial charge in [0, 0.05) is 13.0 Å². The number of aliphatic imine (C=N–C) groups is 2. The van der Waals surface area contributed by atoms with Crippen LogP contribution in [0.2, 0.25) is 0 Å². The van der Waals surface area contributed by atoms with Crippen molar-refractivity contribution in [2.45, 2.75) is 32.1 Å². The second-order valence-electron chi connectivity index (χ2n) is 6.75. The fourth-order valence-electron chi connectivity index (χ4n) is 3.46. The van der Waals surface area contributed by atoms with E-state index in [0.29, 0.717) is 16.7 Å². The molecular formula is C17H24N5O3S+. The summed E-state index contributed by atoms with van der Waals surface area (Å²) >= 11 is 1.24. The van der Waals surface area contributed by atoms with Gasteiger partial charge in [0.15, 0.2) is 5.92 Å². The Bertz CT molecular complexity index is 737. The number of thioether (sulfide) groups is 1. The molecule has 0 saturated heterocycles. The topological polar surface area (TPSA) is 94.2 Å². The van der Waals surface area contributed by atoms with Gasteiger partial charge in [-0.05, 0) is 12.8 Å². The fourth-order valence-corrected chi connectivity index (χ4v) is 4.42. The van der Waals surface area contributed by atoms with E-state index in [4.69, 9.17) is 0 Å². The van der Waals surface area contributed by atoms with E-state index in [2.05, 4.69) is 15.3 Å². The van der Waals surface area contributed by atoms with Gasteiger partial charge < -0.3 is 5.32 Å². The summed E-state index contributed by atoms with van der Waals surface area (Å²) in [5.41, 5.74) is 0. The summed E-state index contributed by atoms with van der Waals surface area (Å²) in [6.45, 7) is 0. The van der Waals surface area contributed by atoms with Gasteiger partial charge in [-0.15, -0.1) is 0 Å². The summed E-state index contributed by atoms with van der Waals surface area (Å²) in [5.74, 6) is 0.321. The molecule has 2 aliphatic heterocycles. The first-order valence-corrected chi connectivity index (χ1v) is 9.85. The summed E-state index contributed by atoms with van der Waals surface area (Å²) in [6.07, 6.45) is 5.51. The summed E-state index contributed by atoms with van der Waals surface area (Å²) in [7, 11) is 4.66. The molecule has 8 nitrogen and oxygen atoms in total. The molecule has 26 heavy (non-hydrogen) atoms. The Morgan fingerprint density at radius 3 is 2.62 bits per heavy atom. The fraction of sp³-hybridized carbons (Fsp3) is 0.647. The average molecular weight is 378 g/mol. The number of imide groups is 1. The predicted molar refractivity (Wildman–Crippen MR) is 101 cm³/mol. The second kappa shape index (κ2) is 7.69. The highest BCUT2D eigenvalue weighted by Crippen LogP contribution is 2.31. The van der Waals surface area contributed by atoms with Crippen molar-refractivity contribution in [1.82, 2.24) is 10.2 Å². The zero-order valence-corrected chi connectivity index (χ0v) is 16.1.